The molecule has 0 aliphatic heterocycles. The molecule has 22 heavy (non-hydrogen) atoms. The molecule has 3 nitrogen and oxygen atoms in total. The van der Waals surface area contributed by atoms with E-state index in [-0.39, 0.29) is 5.41 Å². The number of halogens is 1. The molecule has 2 aromatic rings. The van der Waals surface area contributed by atoms with Crippen molar-refractivity contribution in [2.75, 3.05) is 6.54 Å². The van der Waals surface area contributed by atoms with Crippen LogP contribution in [0.4, 0.5) is 0 Å². The zero-order chi connectivity index (χ0) is 16.2. The lowest BCUT2D eigenvalue weighted by molar-refractivity contribution is 0.461. The van der Waals surface area contributed by atoms with Gasteiger partial charge < -0.3 is 9.88 Å². The Bertz CT molecular complexity index is 621. The van der Waals surface area contributed by atoms with Crippen LogP contribution in [0, 0.1) is 5.41 Å². The Morgan fingerprint density at radius 1 is 1.27 bits per heavy atom. The zero-order valence-electron chi connectivity index (χ0n) is 13.6. The molecule has 118 valence electrons. The van der Waals surface area contributed by atoms with Crippen LogP contribution in [0.2, 0.25) is 5.02 Å². The first-order valence-electron chi connectivity index (χ1n) is 7.54. The fourth-order valence-corrected chi connectivity index (χ4v) is 2.22. The van der Waals surface area contributed by atoms with Gasteiger partial charge in [0.1, 0.15) is 5.82 Å². The minimum absolute atomic E-state index is 0.0821. The quantitative estimate of drug-likeness (QED) is 0.862. The Labute approximate surface area is 138 Å². The van der Waals surface area contributed by atoms with Gasteiger partial charge in [-0.05, 0) is 17.7 Å². The molecule has 0 aliphatic carbocycles. The summed E-state index contributed by atoms with van der Waals surface area (Å²) >= 11 is 5.92. The van der Waals surface area contributed by atoms with Gasteiger partial charge >= 0.3 is 0 Å². The molecule has 2 rings (SSSR count). The van der Waals surface area contributed by atoms with Gasteiger partial charge in [-0.25, -0.2) is 4.98 Å². The Balaban J connectivity index is 1.92. The second-order valence-corrected chi connectivity index (χ2v) is 6.94. The van der Waals surface area contributed by atoms with Crippen LogP contribution in [0.1, 0.15) is 32.2 Å². The molecular weight excluding hydrogens is 294 g/mol. The van der Waals surface area contributed by atoms with Crippen molar-refractivity contribution in [3.63, 3.8) is 0 Å². The van der Waals surface area contributed by atoms with Crippen molar-refractivity contribution >= 4 is 11.6 Å². The van der Waals surface area contributed by atoms with E-state index in [2.05, 4.69) is 42.2 Å². The van der Waals surface area contributed by atoms with Crippen LogP contribution in [0.5, 0.6) is 0 Å². The Morgan fingerprint density at radius 3 is 2.59 bits per heavy atom. The van der Waals surface area contributed by atoms with E-state index in [1.807, 2.05) is 36.7 Å². The fraction of sp³-hybridized carbons (Fsp3) is 0.389. The van der Waals surface area contributed by atoms with E-state index < -0.39 is 0 Å². The molecule has 0 atom stereocenters. The highest BCUT2D eigenvalue weighted by molar-refractivity contribution is 6.30. The van der Waals surface area contributed by atoms with Gasteiger partial charge in [-0.3, -0.25) is 0 Å². The predicted octanol–water partition coefficient (Wildman–Crippen LogP) is 4.28. The molecule has 0 saturated heterocycles. The summed E-state index contributed by atoms with van der Waals surface area (Å²) in [5, 5.41) is 4.16. The number of hydrogen-bond acceptors (Lipinski definition) is 2. The third-order valence-electron chi connectivity index (χ3n) is 3.66. The average molecular weight is 318 g/mol. The van der Waals surface area contributed by atoms with Gasteiger partial charge in [-0.2, -0.15) is 0 Å². The largest absolute Gasteiger partial charge is 0.388 e. The topological polar surface area (TPSA) is 29.9 Å². The molecule has 0 saturated carbocycles. The van der Waals surface area contributed by atoms with Gasteiger partial charge in [0.15, 0.2) is 0 Å². The molecule has 0 aliphatic rings. The average Bonchev–Trinajstić information content (AvgIpc) is 2.87. The van der Waals surface area contributed by atoms with Gasteiger partial charge in [0.2, 0.25) is 0 Å². The molecule has 0 amide bonds. The summed E-state index contributed by atoms with van der Waals surface area (Å²) in [6, 6.07) is 7.93. The lowest BCUT2D eigenvalue weighted by Crippen LogP contribution is -2.26. The van der Waals surface area contributed by atoms with Crippen LogP contribution in [-0.2, 0) is 13.0 Å². The van der Waals surface area contributed by atoms with Gasteiger partial charge in [0.25, 0.3) is 0 Å². The maximum Gasteiger partial charge on any atom is 0.110 e. The van der Waals surface area contributed by atoms with Crippen molar-refractivity contribution in [1.82, 2.24) is 14.9 Å². The second-order valence-electron chi connectivity index (χ2n) is 6.50. The van der Waals surface area contributed by atoms with Gasteiger partial charge in [-0.15, -0.1) is 0 Å². The lowest BCUT2D eigenvalue weighted by Gasteiger charge is -2.23. The van der Waals surface area contributed by atoms with Crippen LogP contribution < -0.4 is 5.32 Å². The van der Waals surface area contributed by atoms with Crippen LogP contribution in [0.25, 0.3) is 0 Å². The van der Waals surface area contributed by atoms with Crippen molar-refractivity contribution in [3.8, 4) is 0 Å². The number of nitrogens with zero attached hydrogens (tertiary/aromatic N) is 2. The Morgan fingerprint density at radius 2 is 1.95 bits per heavy atom. The van der Waals surface area contributed by atoms with E-state index >= 15 is 0 Å². The molecule has 0 spiro atoms. The molecular formula is C18H24ClN3. The zero-order valence-corrected chi connectivity index (χ0v) is 14.3. The minimum atomic E-state index is 0.0821. The van der Waals surface area contributed by atoms with E-state index in [0.29, 0.717) is 0 Å². The third kappa shape index (κ3) is 4.63. The predicted molar refractivity (Wildman–Crippen MR) is 93.1 cm³/mol. The van der Waals surface area contributed by atoms with E-state index in [0.717, 1.165) is 36.1 Å². The molecule has 1 aromatic carbocycles. The maximum absolute atomic E-state index is 5.92. The van der Waals surface area contributed by atoms with Crippen LogP contribution in [0.3, 0.4) is 0 Å². The van der Waals surface area contributed by atoms with E-state index in [1.165, 1.54) is 5.56 Å². The number of aromatic nitrogens is 2. The SMILES string of the molecule is C=C(NCCc1nccn1Cc1ccc(Cl)cc1)C(C)(C)C. The summed E-state index contributed by atoms with van der Waals surface area (Å²) in [7, 11) is 0. The highest BCUT2D eigenvalue weighted by atomic mass is 35.5. The molecule has 0 unspecified atom stereocenters. The van der Waals surface area contributed by atoms with E-state index in [4.69, 9.17) is 11.6 Å². The summed E-state index contributed by atoms with van der Waals surface area (Å²) in [6.45, 7) is 12.2. The van der Waals surface area contributed by atoms with E-state index in [1.54, 1.807) is 0 Å². The van der Waals surface area contributed by atoms with Crippen molar-refractivity contribution in [1.29, 1.82) is 0 Å². The standard InChI is InChI=1S/C18H24ClN3/c1-14(18(2,3)4)20-10-9-17-21-11-12-22(17)13-15-5-7-16(19)8-6-15/h5-8,11-12,20H,1,9-10,13H2,2-4H3. The molecule has 0 radical (unpaired) electrons. The van der Waals surface area contributed by atoms with Gasteiger partial charge in [0.05, 0.1) is 0 Å². The van der Waals surface area contributed by atoms with Gasteiger partial charge in [-0.1, -0.05) is 51.1 Å². The number of imidazole rings is 1. The molecule has 0 fully saturated rings. The smallest absolute Gasteiger partial charge is 0.110 e. The molecule has 1 N–H and O–H groups in total. The first kappa shape index (κ1) is 16.6. The molecule has 4 heteroatoms. The first-order valence-corrected chi connectivity index (χ1v) is 7.92. The van der Waals surface area contributed by atoms with E-state index in [9.17, 15) is 0 Å². The Hall–Kier alpha value is -1.74. The van der Waals surface area contributed by atoms with Gasteiger partial charge in [0, 0.05) is 48.0 Å². The normalized spacial score (nSPS) is 11.5. The highest BCUT2D eigenvalue weighted by Gasteiger charge is 2.14. The number of rotatable bonds is 6. The van der Waals surface area contributed by atoms with Crippen LogP contribution >= 0.6 is 11.6 Å². The molecule has 1 heterocycles. The highest BCUT2D eigenvalue weighted by Crippen LogP contribution is 2.20. The number of benzene rings is 1. The number of hydrogen-bond donors (Lipinski definition) is 1. The van der Waals surface area contributed by atoms with Crippen molar-refractivity contribution < 1.29 is 0 Å². The summed E-state index contributed by atoms with van der Waals surface area (Å²) in [6.07, 6.45) is 4.74. The molecule has 0 bridgehead atoms. The lowest BCUT2D eigenvalue weighted by atomic mass is 9.93. The van der Waals surface area contributed by atoms with Crippen molar-refractivity contribution in [2.24, 2.45) is 5.41 Å². The summed E-state index contributed by atoms with van der Waals surface area (Å²) in [5.41, 5.74) is 2.36. The van der Waals surface area contributed by atoms with Crippen LogP contribution in [0.15, 0.2) is 48.9 Å². The number of nitrogens with one attached hydrogen (secondary N) is 1. The second kappa shape index (κ2) is 7.01. The Kier molecular flexibility index (Phi) is 5.30. The third-order valence-corrected chi connectivity index (χ3v) is 3.91. The molecule has 1 aromatic heterocycles. The maximum atomic E-state index is 5.92. The fourth-order valence-electron chi connectivity index (χ4n) is 2.09. The monoisotopic (exact) mass is 317 g/mol. The summed E-state index contributed by atoms with van der Waals surface area (Å²) < 4.78 is 2.17. The first-order chi connectivity index (χ1) is 10.4. The van der Waals surface area contributed by atoms with Crippen LogP contribution in [-0.4, -0.2) is 16.1 Å². The minimum Gasteiger partial charge on any atom is -0.388 e. The number of allylic oxidation sites excluding steroid dienone is 1. The summed E-state index contributed by atoms with van der Waals surface area (Å²) in [4.78, 5) is 4.46. The van der Waals surface area contributed by atoms with Crippen molar-refractivity contribution in [3.05, 3.63) is 65.3 Å². The summed E-state index contributed by atoms with van der Waals surface area (Å²) in [5.74, 6) is 1.07. The van der Waals surface area contributed by atoms with Crippen molar-refractivity contribution in [2.45, 2.75) is 33.7 Å².